The molecule has 2 aliphatic heterocycles. The fraction of sp³-hybridized carbons (Fsp3) is 0.522. The van der Waals surface area contributed by atoms with Crippen LogP contribution in [0.5, 0.6) is 0 Å². The highest BCUT2D eigenvalue weighted by molar-refractivity contribution is 7.89. The molecule has 8 heteroatoms. The first-order valence-electron chi connectivity index (χ1n) is 11.2. The molecule has 168 valence electrons. The lowest BCUT2D eigenvalue weighted by molar-refractivity contribution is 0.209. The highest BCUT2D eigenvalue weighted by atomic mass is 32.2. The molecule has 1 aromatic heterocycles. The van der Waals surface area contributed by atoms with Gasteiger partial charge in [0.15, 0.2) is 0 Å². The van der Waals surface area contributed by atoms with Gasteiger partial charge in [-0.1, -0.05) is 12.1 Å². The van der Waals surface area contributed by atoms with Crippen LogP contribution in [0.2, 0.25) is 0 Å². The first-order chi connectivity index (χ1) is 14.9. The summed E-state index contributed by atoms with van der Waals surface area (Å²) >= 11 is 0. The molecule has 0 radical (unpaired) electrons. The van der Waals surface area contributed by atoms with Crippen molar-refractivity contribution in [2.75, 3.05) is 44.2 Å². The summed E-state index contributed by atoms with van der Waals surface area (Å²) in [7, 11) is -3.49. The van der Waals surface area contributed by atoms with Crippen molar-refractivity contribution in [3.8, 4) is 11.1 Å². The number of piperidine rings is 1. The van der Waals surface area contributed by atoms with E-state index in [0.29, 0.717) is 10.9 Å². The molecule has 7 nitrogen and oxygen atoms in total. The molecule has 2 aromatic rings. The molecule has 2 saturated heterocycles. The number of hydrogen-bond donors (Lipinski definition) is 2. The maximum absolute atomic E-state index is 12.7. The molecule has 0 unspecified atom stereocenters. The van der Waals surface area contributed by atoms with Crippen molar-refractivity contribution < 1.29 is 8.42 Å². The number of nitrogens with zero attached hydrogens (tertiary/aromatic N) is 3. The lowest BCUT2D eigenvalue weighted by Crippen LogP contribution is -2.49. The molecule has 0 atom stereocenters. The molecular formula is C23H33N5O2S. The molecular weight excluding hydrogens is 410 g/mol. The first-order valence-corrected chi connectivity index (χ1v) is 12.7. The molecule has 0 bridgehead atoms. The molecule has 3 heterocycles. The normalized spacial score (nSPS) is 19.1. The minimum absolute atomic E-state index is 0.00470. The number of benzene rings is 1. The van der Waals surface area contributed by atoms with Crippen LogP contribution in [0.4, 0.5) is 5.82 Å². The zero-order valence-electron chi connectivity index (χ0n) is 18.4. The summed E-state index contributed by atoms with van der Waals surface area (Å²) in [4.78, 5) is 9.79. The van der Waals surface area contributed by atoms with Crippen LogP contribution in [0.25, 0.3) is 11.1 Å². The Balaban J connectivity index is 1.40. The van der Waals surface area contributed by atoms with Crippen LogP contribution >= 0.6 is 0 Å². The van der Waals surface area contributed by atoms with Gasteiger partial charge in [-0.25, -0.2) is 18.1 Å². The average molecular weight is 444 g/mol. The van der Waals surface area contributed by atoms with E-state index in [2.05, 4.69) is 50.8 Å². The third-order valence-electron chi connectivity index (χ3n) is 6.28. The number of anilines is 1. The van der Waals surface area contributed by atoms with E-state index in [1.165, 1.54) is 0 Å². The number of sulfonamides is 1. The van der Waals surface area contributed by atoms with Crippen molar-refractivity contribution in [3.63, 3.8) is 0 Å². The Morgan fingerprint density at radius 3 is 2.19 bits per heavy atom. The second-order valence-corrected chi connectivity index (χ2v) is 10.4. The summed E-state index contributed by atoms with van der Waals surface area (Å²) in [5.41, 5.74) is 1.95. The molecule has 2 N–H and O–H groups in total. The van der Waals surface area contributed by atoms with Gasteiger partial charge in [0.1, 0.15) is 5.82 Å². The van der Waals surface area contributed by atoms with Crippen LogP contribution in [0, 0.1) is 0 Å². The molecule has 0 spiro atoms. The Hall–Kier alpha value is -2.00. The smallest absolute Gasteiger partial charge is 0.240 e. The average Bonchev–Trinajstić information content (AvgIpc) is 2.80. The van der Waals surface area contributed by atoms with Crippen LogP contribution in [0.15, 0.2) is 47.5 Å². The fourth-order valence-corrected chi connectivity index (χ4v) is 5.57. The van der Waals surface area contributed by atoms with Crippen LogP contribution < -0.4 is 14.9 Å². The van der Waals surface area contributed by atoms with Gasteiger partial charge in [0.25, 0.3) is 0 Å². The van der Waals surface area contributed by atoms with Gasteiger partial charge in [0, 0.05) is 50.0 Å². The predicted octanol–water partition coefficient (Wildman–Crippen LogP) is 2.31. The highest BCUT2D eigenvalue weighted by Gasteiger charge is 2.22. The van der Waals surface area contributed by atoms with E-state index in [1.54, 1.807) is 12.1 Å². The zero-order chi connectivity index (χ0) is 21.8. The van der Waals surface area contributed by atoms with Gasteiger partial charge < -0.3 is 10.2 Å². The maximum atomic E-state index is 12.7. The molecule has 2 fully saturated rings. The summed E-state index contributed by atoms with van der Waals surface area (Å²) in [5, 5.41) is 3.25. The largest absolute Gasteiger partial charge is 0.354 e. The lowest BCUT2D eigenvalue weighted by atomic mass is 10.1. The van der Waals surface area contributed by atoms with Gasteiger partial charge in [-0.3, -0.25) is 4.90 Å². The Morgan fingerprint density at radius 1 is 0.968 bits per heavy atom. The van der Waals surface area contributed by atoms with E-state index in [9.17, 15) is 8.42 Å². The molecule has 0 saturated carbocycles. The van der Waals surface area contributed by atoms with Crippen LogP contribution in [-0.4, -0.2) is 69.7 Å². The standard InChI is InChI=1S/C23H33N5O2S/c1-18(2)27-13-15-28(16-14-27)23-8-5-20(17-25-23)19-3-6-22(7-4-19)31(29,30)26-21-9-11-24-12-10-21/h3-8,17-18,21,24,26H,9-16H2,1-2H3. The minimum Gasteiger partial charge on any atom is -0.354 e. The first kappa shape index (κ1) is 22.2. The van der Waals surface area contributed by atoms with Crippen molar-refractivity contribution in [2.24, 2.45) is 0 Å². The Bertz CT molecular complexity index is 946. The third-order valence-corrected chi connectivity index (χ3v) is 7.81. The van der Waals surface area contributed by atoms with Crippen molar-refractivity contribution in [2.45, 2.75) is 43.7 Å². The van der Waals surface area contributed by atoms with E-state index < -0.39 is 10.0 Å². The number of hydrogen-bond acceptors (Lipinski definition) is 6. The van der Waals surface area contributed by atoms with Crippen LogP contribution in [-0.2, 0) is 10.0 Å². The van der Waals surface area contributed by atoms with E-state index in [-0.39, 0.29) is 6.04 Å². The second-order valence-electron chi connectivity index (χ2n) is 8.69. The summed E-state index contributed by atoms with van der Waals surface area (Å²) in [5.74, 6) is 0.998. The van der Waals surface area contributed by atoms with Gasteiger partial charge in [0.05, 0.1) is 4.90 Å². The quantitative estimate of drug-likeness (QED) is 0.714. The highest BCUT2D eigenvalue weighted by Crippen LogP contribution is 2.24. The number of piperazine rings is 1. The van der Waals surface area contributed by atoms with E-state index >= 15 is 0 Å². The molecule has 31 heavy (non-hydrogen) atoms. The van der Waals surface area contributed by atoms with Gasteiger partial charge in [-0.15, -0.1) is 0 Å². The van der Waals surface area contributed by atoms with Gasteiger partial charge in [-0.2, -0.15) is 0 Å². The van der Waals surface area contributed by atoms with Crippen LogP contribution in [0.3, 0.4) is 0 Å². The fourth-order valence-electron chi connectivity index (χ4n) is 4.27. The Labute approximate surface area is 185 Å². The number of pyridine rings is 1. The third kappa shape index (κ3) is 5.44. The number of nitrogens with one attached hydrogen (secondary N) is 2. The summed E-state index contributed by atoms with van der Waals surface area (Å²) in [6, 6.07) is 11.8. The monoisotopic (exact) mass is 443 g/mol. The van der Waals surface area contributed by atoms with Gasteiger partial charge >= 0.3 is 0 Å². The minimum atomic E-state index is -3.49. The molecule has 4 rings (SSSR count). The van der Waals surface area contributed by atoms with Gasteiger partial charge in [0.2, 0.25) is 10.0 Å². The predicted molar refractivity (Wildman–Crippen MR) is 125 cm³/mol. The van der Waals surface area contributed by atoms with Crippen molar-refractivity contribution in [1.82, 2.24) is 19.9 Å². The van der Waals surface area contributed by atoms with Crippen molar-refractivity contribution >= 4 is 15.8 Å². The topological polar surface area (TPSA) is 77.6 Å². The maximum Gasteiger partial charge on any atom is 0.240 e. The molecule has 2 aliphatic rings. The molecule has 0 amide bonds. The van der Waals surface area contributed by atoms with E-state index in [4.69, 9.17) is 0 Å². The SMILES string of the molecule is CC(C)N1CCN(c2ccc(-c3ccc(S(=O)(=O)NC4CCNCC4)cc3)cn2)CC1. The second kappa shape index (κ2) is 9.65. The molecule has 0 aliphatic carbocycles. The van der Waals surface area contributed by atoms with Crippen molar-refractivity contribution in [3.05, 3.63) is 42.6 Å². The number of rotatable bonds is 6. The van der Waals surface area contributed by atoms with E-state index in [1.807, 2.05) is 18.3 Å². The van der Waals surface area contributed by atoms with Gasteiger partial charge in [-0.05, 0) is 69.6 Å². The lowest BCUT2D eigenvalue weighted by Gasteiger charge is -2.37. The van der Waals surface area contributed by atoms with Crippen molar-refractivity contribution in [1.29, 1.82) is 0 Å². The summed E-state index contributed by atoms with van der Waals surface area (Å²) in [6.07, 6.45) is 3.52. The zero-order valence-corrected chi connectivity index (χ0v) is 19.2. The van der Waals surface area contributed by atoms with Crippen LogP contribution in [0.1, 0.15) is 26.7 Å². The summed E-state index contributed by atoms with van der Waals surface area (Å²) < 4.78 is 28.2. The van der Waals surface area contributed by atoms with E-state index in [0.717, 1.165) is 69.1 Å². The number of aromatic nitrogens is 1. The Morgan fingerprint density at radius 2 is 1.61 bits per heavy atom. The summed E-state index contributed by atoms with van der Waals surface area (Å²) in [6.45, 7) is 10.3. The Kier molecular flexibility index (Phi) is 6.91. The molecule has 1 aromatic carbocycles.